The van der Waals surface area contributed by atoms with Crippen molar-refractivity contribution in [3.8, 4) is 0 Å². The molecule has 1 aliphatic rings. The highest BCUT2D eigenvalue weighted by atomic mass is 16.5. The average molecular weight is 158 g/mol. The van der Waals surface area contributed by atoms with Crippen LogP contribution in [-0.4, -0.2) is 22.9 Å². The summed E-state index contributed by atoms with van der Waals surface area (Å²) in [4.78, 5) is 0. The monoisotopic (exact) mass is 158 g/mol. The number of hydrogen-bond donors (Lipinski definition) is 1. The predicted octanol–water partition coefficient (Wildman–Crippen LogP) is 1.71. The van der Waals surface area contributed by atoms with Gasteiger partial charge in [0, 0.05) is 0 Å². The van der Waals surface area contributed by atoms with E-state index in [0.29, 0.717) is 6.10 Å². The summed E-state index contributed by atoms with van der Waals surface area (Å²) in [5.41, 5.74) is -0.00912. The van der Waals surface area contributed by atoms with E-state index in [1.54, 1.807) is 0 Å². The zero-order chi connectivity index (χ0) is 8.48. The van der Waals surface area contributed by atoms with Gasteiger partial charge in [-0.05, 0) is 33.1 Å². The maximum atomic E-state index is 9.01. The van der Waals surface area contributed by atoms with Gasteiger partial charge in [-0.25, -0.2) is 0 Å². The van der Waals surface area contributed by atoms with Crippen LogP contribution < -0.4 is 0 Å². The van der Waals surface area contributed by atoms with Crippen molar-refractivity contribution in [3.63, 3.8) is 0 Å². The van der Waals surface area contributed by atoms with Crippen LogP contribution in [0, 0.1) is 0 Å². The zero-order valence-corrected chi connectivity index (χ0v) is 7.63. The molecular formula is C9H18O2. The Morgan fingerprint density at radius 1 is 1.45 bits per heavy atom. The van der Waals surface area contributed by atoms with Crippen molar-refractivity contribution in [3.05, 3.63) is 0 Å². The van der Waals surface area contributed by atoms with E-state index in [9.17, 15) is 0 Å². The first-order valence-electron chi connectivity index (χ1n) is 4.39. The van der Waals surface area contributed by atoms with Gasteiger partial charge in [-0.3, -0.25) is 0 Å². The highest BCUT2D eigenvalue weighted by Crippen LogP contribution is 2.28. The minimum atomic E-state index is -0.104. The van der Waals surface area contributed by atoms with Crippen LogP contribution in [0.1, 0.15) is 40.0 Å². The van der Waals surface area contributed by atoms with Crippen molar-refractivity contribution in [2.45, 2.75) is 57.8 Å². The quantitative estimate of drug-likeness (QED) is 0.677. The van der Waals surface area contributed by atoms with Crippen LogP contribution in [0.5, 0.6) is 0 Å². The van der Waals surface area contributed by atoms with Gasteiger partial charge >= 0.3 is 0 Å². The van der Waals surface area contributed by atoms with Crippen molar-refractivity contribution in [2.24, 2.45) is 0 Å². The Kier molecular flexibility index (Phi) is 2.55. The van der Waals surface area contributed by atoms with E-state index in [-0.39, 0.29) is 11.7 Å². The summed E-state index contributed by atoms with van der Waals surface area (Å²) in [7, 11) is 0. The molecule has 2 nitrogen and oxygen atoms in total. The Morgan fingerprint density at radius 3 is 2.36 bits per heavy atom. The molecule has 11 heavy (non-hydrogen) atoms. The standard InChI is InChI=1S/C9H18O2/c1-4-9(2,3)11-8-5-7(10)6-8/h7-8,10H,4-6H2,1-3H3. The fourth-order valence-electron chi connectivity index (χ4n) is 1.17. The third kappa shape index (κ3) is 2.46. The molecular weight excluding hydrogens is 140 g/mol. The molecule has 0 radical (unpaired) electrons. The first-order valence-corrected chi connectivity index (χ1v) is 4.39. The van der Waals surface area contributed by atoms with Crippen LogP contribution in [0.15, 0.2) is 0 Å². The Balaban J connectivity index is 2.21. The zero-order valence-electron chi connectivity index (χ0n) is 7.63. The molecule has 0 aliphatic heterocycles. The van der Waals surface area contributed by atoms with Gasteiger partial charge in [0.2, 0.25) is 0 Å². The molecule has 0 aromatic heterocycles. The molecule has 0 aromatic carbocycles. The van der Waals surface area contributed by atoms with Gasteiger partial charge in [-0.2, -0.15) is 0 Å². The summed E-state index contributed by atoms with van der Waals surface area (Å²) in [5, 5.41) is 9.01. The first kappa shape index (κ1) is 9.01. The van der Waals surface area contributed by atoms with Gasteiger partial charge in [0.15, 0.2) is 0 Å². The number of rotatable bonds is 3. The van der Waals surface area contributed by atoms with E-state index >= 15 is 0 Å². The summed E-state index contributed by atoms with van der Waals surface area (Å²) >= 11 is 0. The normalized spacial score (nSPS) is 31.6. The van der Waals surface area contributed by atoms with Gasteiger partial charge in [-0.1, -0.05) is 6.92 Å². The van der Waals surface area contributed by atoms with Crippen molar-refractivity contribution >= 4 is 0 Å². The summed E-state index contributed by atoms with van der Waals surface area (Å²) in [5.74, 6) is 0. The third-order valence-corrected chi connectivity index (χ3v) is 2.41. The molecule has 0 spiro atoms. The Hall–Kier alpha value is -0.0800. The molecule has 1 fully saturated rings. The van der Waals surface area contributed by atoms with Crippen molar-refractivity contribution < 1.29 is 9.84 Å². The van der Waals surface area contributed by atoms with Gasteiger partial charge in [-0.15, -0.1) is 0 Å². The Morgan fingerprint density at radius 2 is 2.00 bits per heavy atom. The highest BCUT2D eigenvalue weighted by Gasteiger charge is 2.32. The lowest BCUT2D eigenvalue weighted by Crippen LogP contribution is -2.41. The maximum absolute atomic E-state index is 9.01. The Bertz CT molecular complexity index is 126. The van der Waals surface area contributed by atoms with Crippen LogP contribution in [0.2, 0.25) is 0 Å². The van der Waals surface area contributed by atoms with E-state index in [1.807, 2.05) is 0 Å². The number of hydrogen-bond acceptors (Lipinski definition) is 2. The largest absolute Gasteiger partial charge is 0.393 e. The second-order valence-electron chi connectivity index (χ2n) is 3.98. The van der Waals surface area contributed by atoms with Crippen LogP contribution in [0.3, 0.4) is 0 Å². The number of aliphatic hydroxyl groups excluding tert-OH is 1. The summed E-state index contributed by atoms with van der Waals surface area (Å²) in [6.45, 7) is 6.31. The molecule has 0 aromatic rings. The lowest BCUT2D eigenvalue weighted by molar-refractivity contribution is -0.140. The van der Waals surface area contributed by atoms with Crippen molar-refractivity contribution in [1.29, 1.82) is 0 Å². The molecule has 1 aliphatic carbocycles. The second-order valence-corrected chi connectivity index (χ2v) is 3.98. The summed E-state index contributed by atoms with van der Waals surface area (Å²) in [6, 6.07) is 0. The summed E-state index contributed by atoms with van der Waals surface area (Å²) in [6.07, 6.45) is 2.87. The molecule has 1 N–H and O–H groups in total. The lowest BCUT2D eigenvalue weighted by Gasteiger charge is -2.37. The summed E-state index contributed by atoms with van der Waals surface area (Å²) < 4.78 is 5.73. The molecule has 1 rings (SSSR count). The minimum absolute atomic E-state index is 0.00912. The number of aliphatic hydroxyl groups is 1. The minimum Gasteiger partial charge on any atom is -0.393 e. The highest BCUT2D eigenvalue weighted by molar-refractivity contribution is 4.82. The van der Waals surface area contributed by atoms with E-state index in [2.05, 4.69) is 20.8 Å². The molecule has 0 atom stereocenters. The molecule has 0 saturated heterocycles. The SMILES string of the molecule is CCC(C)(C)OC1CC(O)C1. The van der Waals surface area contributed by atoms with E-state index in [4.69, 9.17) is 9.84 Å². The first-order chi connectivity index (χ1) is 5.03. The van der Waals surface area contributed by atoms with Crippen molar-refractivity contribution in [2.75, 3.05) is 0 Å². The van der Waals surface area contributed by atoms with Gasteiger partial charge in [0.05, 0.1) is 17.8 Å². The predicted molar refractivity (Wildman–Crippen MR) is 44.5 cm³/mol. The van der Waals surface area contributed by atoms with E-state index < -0.39 is 0 Å². The fourth-order valence-corrected chi connectivity index (χ4v) is 1.17. The lowest BCUT2D eigenvalue weighted by atomic mass is 9.91. The third-order valence-electron chi connectivity index (χ3n) is 2.41. The van der Waals surface area contributed by atoms with Gasteiger partial charge in [0.1, 0.15) is 0 Å². The fraction of sp³-hybridized carbons (Fsp3) is 1.00. The molecule has 2 heteroatoms. The maximum Gasteiger partial charge on any atom is 0.0631 e. The van der Waals surface area contributed by atoms with E-state index in [0.717, 1.165) is 19.3 Å². The van der Waals surface area contributed by atoms with Gasteiger partial charge < -0.3 is 9.84 Å². The smallest absolute Gasteiger partial charge is 0.0631 e. The molecule has 0 bridgehead atoms. The van der Waals surface area contributed by atoms with Crippen LogP contribution >= 0.6 is 0 Å². The molecule has 0 unspecified atom stereocenters. The molecule has 1 saturated carbocycles. The molecule has 0 heterocycles. The topological polar surface area (TPSA) is 29.5 Å². The second kappa shape index (κ2) is 3.11. The van der Waals surface area contributed by atoms with Crippen LogP contribution in [-0.2, 0) is 4.74 Å². The van der Waals surface area contributed by atoms with E-state index in [1.165, 1.54) is 0 Å². The average Bonchev–Trinajstić information content (AvgIpc) is 1.84. The van der Waals surface area contributed by atoms with Crippen LogP contribution in [0.4, 0.5) is 0 Å². The van der Waals surface area contributed by atoms with Crippen LogP contribution in [0.25, 0.3) is 0 Å². The molecule has 0 amide bonds. The number of ether oxygens (including phenoxy) is 1. The molecule has 66 valence electrons. The Labute approximate surface area is 68.6 Å². The van der Waals surface area contributed by atoms with Gasteiger partial charge in [0.25, 0.3) is 0 Å². The van der Waals surface area contributed by atoms with Crippen molar-refractivity contribution in [1.82, 2.24) is 0 Å².